The van der Waals surface area contributed by atoms with Crippen LogP contribution in [0.15, 0.2) is 23.4 Å². The van der Waals surface area contributed by atoms with Gasteiger partial charge < -0.3 is 15.4 Å². The molecule has 0 saturated carbocycles. The summed E-state index contributed by atoms with van der Waals surface area (Å²) in [5.74, 6) is -0.305. The number of nitrogens with one attached hydrogen (secondary N) is 2. The summed E-state index contributed by atoms with van der Waals surface area (Å²) in [6.45, 7) is 4.58. The van der Waals surface area contributed by atoms with E-state index in [2.05, 4.69) is 10.6 Å². The maximum Gasteiger partial charge on any atom is 0.337 e. The first kappa shape index (κ1) is 13.0. The Balaban J connectivity index is 1.96. The quantitative estimate of drug-likeness (QED) is 0.654. The third kappa shape index (κ3) is 3.08. The molecule has 6 heteroatoms. The molecule has 0 radical (unpaired) electrons. The van der Waals surface area contributed by atoms with Crippen molar-refractivity contribution in [2.75, 3.05) is 6.54 Å². The monoisotopic (exact) mass is 282 g/mol. The first-order valence-electron chi connectivity index (χ1n) is 5.53. The van der Waals surface area contributed by atoms with Crippen molar-refractivity contribution in [3.8, 4) is 0 Å². The molecule has 4 nitrogen and oxygen atoms in total. The standard InChI is InChI=1S/C12H14N2O2S2/c1-7-3-4-9(18-7)6-16-11(15)10-5-13-12(17)14-8(10)2/h3-4H,5-6H2,1-2H3,(H2,13,14,17). The molecule has 0 aromatic carbocycles. The van der Waals surface area contributed by atoms with E-state index in [9.17, 15) is 4.79 Å². The van der Waals surface area contributed by atoms with Gasteiger partial charge in [-0.05, 0) is 38.2 Å². The SMILES string of the molecule is CC1=C(C(=O)OCc2ccc(C)s2)CNC(=S)N1. The van der Waals surface area contributed by atoms with Crippen LogP contribution in [0.4, 0.5) is 0 Å². The number of hydrogen-bond donors (Lipinski definition) is 2. The fourth-order valence-electron chi connectivity index (χ4n) is 1.60. The number of carbonyl (C=O) groups excluding carboxylic acids is 1. The van der Waals surface area contributed by atoms with Crippen LogP contribution in [0.25, 0.3) is 0 Å². The second-order valence-electron chi connectivity index (χ2n) is 4.00. The molecule has 2 rings (SSSR count). The van der Waals surface area contributed by atoms with Crippen molar-refractivity contribution in [1.82, 2.24) is 10.6 Å². The van der Waals surface area contributed by atoms with Gasteiger partial charge in [-0.3, -0.25) is 0 Å². The lowest BCUT2D eigenvalue weighted by molar-refractivity contribution is -0.140. The Kier molecular flexibility index (Phi) is 3.98. The summed E-state index contributed by atoms with van der Waals surface area (Å²) in [6.07, 6.45) is 0. The lowest BCUT2D eigenvalue weighted by atomic mass is 10.2. The average Bonchev–Trinajstić information content (AvgIpc) is 2.72. The van der Waals surface area contributed by atoms with E-state index in [1.54, 1.807) is 11.3 Å². The molecule has 2 N–H and O–H groups in total. The molecule has 0 amide bonds. The topological polar surface area (TPSA) is 50.4 Å². The van der Waals surface area contributed by atoms with Crippen LogP contribution in [0.5, 0.6) is 0 Å². The number of rotatable bonds is 3. The average molecular weight is 282 g/mol. The van der Waals surface area contributed by atoms with E-state index in [0.29, 0.717) is 23.8 Å². The first-order valence-corrected chi connectivity index (χ1v) is 6.76. The fraction of sp³-hybridized carbons (Fsp3) is 0.333. The van der Waals surface area contributed by atoms with Gasteiger partial charge >= 0.3 is 5.97 Å². The largest absolute Gasteiger partial charge is 0.457 e. The summed E-state index contributed by atoms with van der Waals surface area (Å²) < 4.78 is 5.28. The number of carbonyl (C=O) groups is 1. The van der Waals surface area contributed by atoms with Gasteiger partial charge in [-0.15, -0.1) is 11.3 Å². The summed E-state index contributed by atoms with van der Waals surface area (Å²) in [4.78, 5) is 14.2. The van der Waals surface area contributed by atoms with Gasteiger partial charge in [0.1, 0.15) is 6.61 Å². The molecule has 0 spiro atoms. The van der Waals surface area contributed by atoms with E-state index in [0.717, 1.165) is 10.6 Å². The zero-order valence-corrected chi connectivity index (χ0v) is 11.8. The number of ether oxygens (including phenoxy) is 1. The number of aryl methyl sites for hydroxylation is 1. The Morgan fingerprint density at radius 1 is 1.50 bits per heavy atom. The van der Waals surface area contributed by atoms with Crippen LogP contribution in [-0.4, -0.2) is 17.6 Å². The molecular formula is C12H14N2O2S2. The van der Waals surface area contributed by atoms with Gasteiger partial charge in [-0.2, -0.15) is 0 Å². The van der Waals surface area contributed by atoms with E-state index in [-0.39, 0.29) is 5.97 Å². The Labute approximate surface area is 115 Å². The van der Waals surface area contributed by atoms with Gasteiger partial charge in [0.25, 0.3) is 0 Å². The Morgan fingerprint density at radius 3 is 2.89 bits per heavy atom. The normalized spacial score (nSPS) is 15.1. The Bertz CT molecular complexity index is 520. The van der Waals surface area contributed by atoms with Crippen molar-refractivity contribution in [2.45, 2.75) is 20.5 Å². The van der Waals surface area contributed by atoms with Crippen molar-refractivity contribution in [2.24, 2.45) is 0 Å². The van der Waals surface area contributed by atoms with E-state index in [1.165, 1.54) is 4.88 Å². The van der Waals surface area contributed by atoms with Crippen LogP contribution in [-0.2, 0) is 16.1 Å². The number of allylic oxidation sites excluding steroid dienone is 1. The minimum absolute atomic E-state index is 0.305. The molecule has 1 aromatic rings. The molecule has 96 valence electrons. The lowest BCUT2D eigenvalue weighted by Gasteiger charge is -2.20. The van der Waals surface area contributed by atoms with Gasteiger partial charge in [0.2, 0.25) is 0 Å². The summed E-state index contributed by atoms with van der Waals surface area (Å²) in [5.41, 5.74) is 1.35. The smallest absolute Gasteiger partial charge is 0.337 e. The maximum atomic E-state index is 11.9. The van der Waals surface area contributed by atoms with Gasteiger partial charge in [-0.1, -0.05) is 0 Å². The molecule has 0 unspecified atom stereocenters. The summed E-state index contributed by atoms with van der Waals surface area (Å²) >= 11 is 6.59. The third-order valence-electron chi connectivity index (χ3n) is 2.57. The van der Waals surface area contributed by atoms with Crippen LogP contribution in [0.2, 0.25) is 0 Å². The number of thiocarbonyl (C=S) groups is 1. The molecular weight excluding hydrogens is 268 g/mol. The molecule has 0 saturated heterocycles. The maximum absolute atomic E-state index is 11.9. The molecule has 0 atom stereocenters. The second kappa shape index (κ2) is 5.49. The minimum atomic E-state index is -0.305. The zero-order chi connectivity index (χ0) is 13.1. The van der Waals surface area contributed by atoms with E-state index < -0.39 is 0 Å². The molecule has 1 aliphatic heterocycles. The van der Waals surface area contributed by atoms with E-state index in [4.69, 9.17) is 17.0 Å². The molecule has 18 heavy (non-hydrogen) atoms. The molecule has 0 bridgehead atoms. The molecule has 1 aliphatic rings. The van der Waals surface area contributed by atoms with Crippen LogP contribution < -0.4 is 10.6 Å². The van der Waals surface area contributed by atoms with Crippen molar-refractivity contribution in [3.05, 3.63) is 33.2 Å². The van der Waals surface area contributed by atoms with Gasteiger partial charge in [0, 0.05) is 15.5 Å². The van der Waals surface area contributed by atoms with Crippen molar-refractivity contribution < 1.29 is 9.53 Å². The summed E-state index contributed by atoms with van der Waals surface area (Å²) in [5, 5.41) is 6.36. The highest BCUT2D eigenvalue weighted by Crippen LogP contribution is 2.17. The number of esters is 1. The molecule has 1 aromatic heterocycles. The van der Waals surface area contributed by atoms with E-state index in [1.807, 2.05) is 26.0 Å². The zero-order valence-electron chi connectivity index (χ0n) is 10.2. The van der Waals surface area contributed by atoms with Crippen molar-refractivity contribution in [1.29, 1.82) is 0 Å². The Hall–Kier alpha value is -1.40. The Morgan fingerprint density at radius 2 is 2.28 bits per heavy atom. The van der Waals surface area contributed by atoms with Crippen LogP contribution in [0.3, 0.4) is 0 Å². The predicted molar refractivity (Wildman–Crippen MR) is 75.3 cm³/mol. The van der Waals surface area contributed by atoms with Crippen LogP contribution in [0.1, 0.15) is 16.7 Å². The van der Waals surface area contributed by atoms with E-state index >= 15 is 0 Å². The predicted octanol–water partition coefficient (Wildman–Crippen LogP) is 1.85. The highest BCUT2D eigenvalue weighted by molar-refractivity contribution is 7.80. The molecule has 2 heterocycles. The second-order valence-corrected chi connectivity index (χ2v) is 5.78. The van der Waals surface area contributed by atoms with Crippen LogP contribution in [0, 0.1) is 6.92 Å². The first-order chi connectivity index (χ1) is 8.56. The minimum Gasteiger partial charge on any atom is -0.457 e. The highest BCUT2D eigenvalue weighted by Gasteiger charge is 2.19. The fourth-order valence-corrected chi connectivity index (χ4v) is 2.63. The number of thiophene rings is 1. The van der Waals surface area contributed by atoms with Crippen LogP contribution >= 0.6 is 23.6 Å². The van der Waals surface area contributed by atoms with Gasteiger partial charge in [-0.25, -0.2) is 4.79 Å². The summed E-state index contributed by atoms with van der Waals surface area (Å²) in [7, 11) is 0. The molecule has 0 fully saturated rings. The lowest BCUT2D eigenvalue weighted by Crippen LogP contribution is -2.42. The third-order valence-corrected chi connectivity index (χ3v) is 3.79. The highest BCUT2D eigenvalue weighted by atomic mass is 32.1. The van der Waals surface area contributed by atoms with Gasteiger partial charge in [0.15, 0.2) is 5.11 Å². The summed E-state index contributed by atoms with van der Waals surface area (Å²) in [6, 6.07) is 3.99. The van der Waals surface area contributed by atoms with Gasteiger partial charge in [0.05, 0.1) is 12.1 Å². The number of hydrogen-bond acceptors (Lipinski definition) is 4. The van der Waals surface area contributed by atoms with Crippen molar-refractivity contribution >= 4 is 34.6 Å². The van der Waals surface area contributed by atoms with Crippen molar-refractivity contribution in [3.63, 3.8) is 0 Å². The molecule has 0 aliphatic carbocycles.